The fraction of sp³-hybridized carbons (Fsp3) is 0.500. The second-order valence-electron chi connectivity index (χ2n) is 8.20. The number of rotatable bonds is 13. The maximum absolute atomic E-state index is 8.67. The molecule has 0 unspecified atom stereocenters. The van der Waals surface area contributed by atoms with Crippen LogP contribution in [-0.4, -0.2) is 59.4 Å². The van der Waals surface area contributed by atoms with Crippen LogP contribution in [0.4, 0.5) is 0 Å². The van der Waals surface area contributed by atoms with Gasteiger partial charge in [-0.05, 0) is 11.1 Å². The van der Waals surface area contributed by atoms with Crippen LogP contribution in [0, 0.1) is 0 Å². The smallest absolute Gasteiger partial charge is 0.125 e. The van der Waals surface area contributed by atoms with Crippen molar-refractivity contribution < 1.29 is 19.3 Å². The lowest BCUT2D eigenvalue weighted by atomic mass is 10.2. The SMILES string of the molecule is CC(C)(C)[Si](CCOCCOCCOCCO)(c1ccccc1)c1ccccc1. The summed E-state index contributed by atoms with van der Waals surface area (Å²) in [5.74, 6) is 0. The molecule has 2 aromatic carbocycles. The van der Waals surface area contributed by atoms with Crippen molar-refractivity contribution in [3.63, 3.8) is 0 Å². The second kappa shape index (κ2) is 12.3. The van der Waals surface area contributed by atoms with Gasteiger partial charge in [-0.25, -0.2) is 0 Å². The Bertz CT molecular complexity index is 631. The van der Waals surface area contributed by atoms with Gasteiger partial charge >= 0.3 is 0 Å². The molecule has 160 valence electrons. The maximum Gasteiger partial charge on any atom is 0.125 e. The van der Waals surface area contributed by atoms with Crippen molar-refractivity contribution in [2.75, 3.05) is 46.2 Å². The molecule has 0 fully saturated rings. The van der Waals surface area contributed by atoms with Crippen molar-refractivity contribution in [1.82, 2.24) is 0 Å². The number of hydrogen-bond donors (Lipinski definition) is 1. The second-order valence-corrected chi connectivity index (χ2v) is 13.2. The van der Waals surface area contributed by atoms with Gasteiger partial charge in [0.05, 0.1) is 39.6 Å². The molecule has 0 saturated carbocycles. The third-order valence-electron chi connectivity index (χ3n) is 5.41. The van der Waals surface area contributed by atoms with E-state index in [1.807, 2.05) is 0 Å². The summed E-state index contributed by atoms with van der Waals surface area (Å²) >= 11 is 0. The van der Waals surface area contributed by atoms with Gasteiger partial charge in [0.15, 0.2) is 0 Å². The summed E-state index contributed by atoms with van der Waals surface area (Å²) in [6, 6.07) is 23.0. The first kappa shape index (κ1) is 23.8. The average molecular weight is 417 g/mol. The van der Waals surface area contributed by atoms with E-state index < -0.39 is 8.07 Å². The summed E-state index contributed by atoms with van der Waals surface area (Å²) in [5.41, 5.74) is 0. The summed E-state index contributed by atoms with van der Waals surface area (Å²) in [6.45, 7) is 10.4. The molecular formula is C24H36O4Si. The van der Waals surface area contributed by atoms with Crippen LogP contribution in [0.3, 0.4) is 0 Å². The zero-order valence-corrected chi connectivity index (χ0v) is 19.1. The third kappa shape index (κ3) is 6.76. The molecule has 4 nitrogen and oxygen atoms in total. The maximum atomic E-state index is 8.67. The highest BCUT2D eigenvalue weighted by Gasteiger charge is 2.46. The molecule has 0 aromatic heterocycles. The van der Waals surface area contributed by atoms with Crippen LogP contribution in [0.1, 0.15) is 20.8 Å². The predicted molar refractivity (Wildman–Crippen MR) is 122 cm³/mol. The number of benzene rings is 2. The van der Waals surface area contributed by atoms with Crippen molar-refractivity contribution in [3.8, 4) is 0 Å². The van der Waals surface area contributed by atoms with Crippen LogP contribution in [0.5, 0.6) is 0 Å². The van der Waals surface area contributed by atoms with Crippen LogP contribution < -0.4 is 10.4 Å². The van der Waals surface area contributed by atoms with Crippen molar-refractivity contribution in [2.24, 2.45) is 0 Å². The minimum Gasteiger partial charge on any atom is -0.394 e. The highest BCUT2D eigenvalue weighted by Crippen LogP contribution is 2.38. The van der Waals surface area contributed by atoms with E-state index >= 15 is 0 Å². The van der Waals surface area contributed by atoms with Crippen LogP contribution >= 0.6 is 0 Å². The summed E-state index contributed by atoms with van der Waals surface area (Å²) in [4.78, 5) is 0. The molecule has 0 aliphatic heterocycles. The van der Waals surface area contributed by atoms with Gasteiger partial charge in [0, 0.05) is 6.61 Å². The van der Waals surface area contributed by atoms with E-state index in [9.17, 15) is 0 Å². The molecule has 0 aliphatic rings. The first-order chi connectivity index (χ1) is 14.0. The minimum atomic E-state index is -2.05. The highest BCUT2D eigenvalue weighted by molar-refractivity contribution is 7.04. The lowest BCUT2D eigenvalue weighted by Crippen LogP contribution is -2.64. The molecule has 29 heavy (non-hydrogen) atoms. The van der Waals surface area contributed by atoms with Gasteiger partial charge in [0.25, 0.3) is 0 Å². The lowest BCUT2D eigenvalue weighted by Gasteiger charge is -2.44. The average Bonchev–Trinajstić information content (AvgIpc) is 2.72. The fourth-order valence-electron chi connectivity index (χ4n) is 3.97. The van der Waals surface area contributed by atoms with Gasteiger partial charge in [-0.15, -0.1) is 0 Å². The Hall–Kier alpha value is -1.50. The first-order valence-electron chi connectivity index (χ1n) is 10.5. The van der Waals surface area contributed by atoms with E-state index in [1.54, 1.807) is 0 Å². The van der Waals surface area contributed by atoms with E-state index in [1.165, 1.54) is 10.4 Å². The molecule has 0 amide bonds. The molecule has 0 radical (unpaired) electrons. The Balaban J connectivity index is 2.00. The largest absolute Gasteiger partial charge is 0.394 e. The van der Waals surface area contributed by atoms with Crippen LogP contribution in [0.2, 0.25) is 11.1 Å². The Morgan fingerprint density at radius 3 is 1.48 bits per heavy atom. The lowest BCUT2D eigenvalue weighted by molar-refractivity contribution is 0.00954. The van der Waals surface area contributed by atoms with Crippen LogP contribution in [0.25, 0.3) is 0 Å². The summed E-state index contributed by atoms with van der Waals surface area (Å²) in [6.07, 6.45) is 0. The molecule has 0 atom stereocenters. The molecule has 0 aliphatic carbocycles. The van der Waals surface area contributed by atoms with E-state index in [-0.39, 0.29) is 11.6 Å². The Labute approximate surface area is 176 Å². The topological polar surface area (TPSA) is 47.9 Å². The van der Waals surface area contributed by atoms with Crippen LogP contribution in [0.15, 0.2) is 60.7 Å². The number of ether oxygens (including phenoxy) is 3. The molecule has 0 spiro atoms. The monoisotopic (exact) mass is 416 g/mol. The normalized spacial score (nSPS) is 12.3. The standard InChI is InChI=1S/C24H36O4Si/c1-24(2,3)29(22-10-6-4-7-11-22,23-12-8-5-9-13-23)21-20-28-19-18-27-17-16-26-15-14-25/h4-13,25H,14-21H2,1-3H3. The first-order valence-corrected chi connectivity index (χ1v) is 12.7. The van der Waals surface area contributed by atoms with Crippen molar-refractivity contribution in [1.29, 1.82) is 0 Å². The number of aliphatic hydroxyl groups excluding tert-OH is 1. The zero-order chi connectivity index (χ0) is 21.0. The zero-order valence-electron chi connectivity index (χ0n) is 18.1. The van der Waals surface area contributed by atoms with Crippen LogP contribution in [-0.2, 0) is 14.2 Å². The Morgan fingerprint density at radius 1 is 0.655 bits per heavy atom. The minimum absolute atomic E-state index is 0.0470. The van der Waals surface area contributed by atoms with Gasteiger partial charge < -0.3 is 19.3 Å². The van der Waals surface area contributed by atoms with Gasteiger partial charge in [-0.1, -0.05) is 91.8 Å². The molecule has 0 bridgehead atoms. The quantitative estimate of drug-likeness (QED) is 0.403. The van der Waals surface area contributed by atoms with Gasteiger partial charge in [0.1, 0.15) is 8.07 Å². The van der Waals surface area contributed by atoms with Gasteiger partial charge in [-0.3, -0.25) is 0 Å². The molecule has 1 N–H and O–H groups in total. The summed E-state index contributed by atoms with van der Waals surface area (Å²) in [5, 5.41) is 11.7. The van der Waals surface area contributed by atoms with E-state index in [4.69, 9.17) is 19.3 Å². The molecule has 2 rings (SSSR count). The van der Waals surface area contributed by atoms with Gasteiger partial charge in [0.2, 0.25) is 0 Å². The van der Waals surface area contributed by atoms with Crippen molar-refractivity contribution in [3.05, 3.63) is 60.7 Å². The molecule has 0 saturated heterocycles. The summed E-state index contributed by atoms with van der Waals surface area (Å²) in [7, 11) is -2.05. The van der Waals surface area contributed by atoms with E-state index in [0.29, 0.717) is 33.0 Å². The molecule has 5 heteroatoms. The third-order valence-corrected chi connectivity index (χ3v) is 11.6. The molecular weight excluding hydrogens is 380 g/mol. The Morgan fingerprint density at radius 2 is 1.07 bits per heavy atom. The highest BCUT2D eigenvalue weighted by atomic mass is 28.3. The van der Waals surface area contributed by atoms with Crippen molar-refractivity contribution in [2.45, 2.75) is 31.9 Å². The predicted octanol–water partition coefficient (Wildman–Crippen LogP) is 3.09. The number of aliphatic hydroxyl groups is 1. The van der Waals surface area contributed by atoms with Crippen molar-refractivity contribution >= 4 is 18.4 Å². The van der Waals surface area contributed by atoms with E-state index in [2.05, 4.69) is 81.4 Å². The fourth-order valence-corrected chi connectivity index (χ4v) is 9.34. The molecule has 0 heterocycles. The summed E-state index contributed by atoms with van der Waals surface area (Å²) < 4.78 is 16.7. The Kier molecular flexibility index (Phi) is 10.0. The van der Waals surface area contributed by atoms with Gasteiger partial charge in [-0.2, -0.15) is 0 Å². The number of hydrogen-bond acceptors (Lipinski definition) is 4. The molecule has 2 aromatic rings. The van der Waals surface area contributed by atoms with E-state index in [0.717, 1.165) is 12.7 Å².